The van der Waals surface area contributed by atoms with Crippen molar-refractivity contribution < 1.29 is 43.7 Å². The van der Waals surface area contributed by atoms with Gasteiger partial charge in [-0.1, -0.05) is 85.3 Å². The smallest absolute Gasteiger partial charge is 0.270 e. The number of aromatic nitrogens is 18. The molecule has 0 bridgehead atoms. The van der Waals surface area contributed by atoms with E-state index in [0.717, 1.165) is 90.0 Å². The highest BCUT2D eigenvalue weighted by Crippen LogP contribution is 2.14. The molecule has 528 valence electrons. The normalized spacial score (nSPS) is 13.0. The van der Waals surface area contributed by atoms with Gasteiger partial charge in [-0.3, -0.25) is 4.90 Å². The third-order valence-electron chi connectivity index (χ3n) is 16.0. The Kier molecular flexibility index (Phi) is 29.3. The second-order valence-electron chi connectivity index (χ2n) is 23.5. The fraction of sp³-hybridized carbons (Fsp3) is 0.380. The number of allylic oxidation sites excluding steroid dienone is 1. The van der Waals surface area contributed by atoms with Crippen molar-refractivity contribution in [3.63, 3.8) is 0 Å². The summed E-state index contributed by atoms with van der Waals surface area (Å²) in [5, 5.41) is 105. The molecule has 2 aliphatic heterocycles. The van der Waals surface area contributed by atoms with Crippen molar-refractivity contribution in [1.29, 1.82) is 0 Å². The number of benzene rings is 6. The SMILES string of the molecule is C=CCc1nc2ccccc2[n+]([O-])n1.CNCCCc1nc2ccccc2[n+]([O-])n1.COCCCc1nc2ccccc2[n+]([O-])n1.[O-][n+]1nc(CCCN2CCCCC2)nc2ccccc21.[O-][n+]1nc(CCCN2CCOCC2)nc2ccccc21.[O-][n+]1nc(CCCO)nc2ccccc21. The van der Waals surface area contributed by atoms with E-state index in [4.69, 9.17) is 14.6 Å². The molecule has 6 aromatic carbocycles. The fourth-order valence-electron chi connectivity index (χ4n) is 11.0. The Balaban J connectivity index is 0.000000142. The van der Waals surface area contributed by atoms with Crippen LogP contribution in [-0.4, -0.2) is 162 Å². The van der Waals surface area contributed by atoms with Gasteiger partial charge in [-0.2, -0.15) is 0 Å². The van der Waals surface area contributed by atoms with Gasteiger partial charge < -0.3 is 56.0 Å². The fourth-order valence-corrected chi connectivity index (χ4v) is 11.0. The van der Waals surface area contributed by atoms with Crippen LogP contribution < -0.4 is 34.4 Å². The van der Waals surface area contributed by atoms with Gasteiger partial charge in [-0.25, -0.2) is 29.9 Å². The number of piperidine rings is 1. The third-order valence-corrected chi connectivity index (χ3v) is 16.0. The summed E-state index contributed by atoms with van der Waals surface area (Å²) in [4.78, 5) is 34.7. The highest BCUT2D eigenvalue weighted by molar-refractivity contribution is 5.73. The van der Waals surface area contributed by atoms with Gasteiger partial charge in [0.2, 0.25) is 5.82 Å². The summed E-state index contributed by atoms with van der Waals surface area (Å²) in [5.74, 6) is 3.39. The Morgan fingerprint density at radius 3 is 1.05 bits per heavy atom. The van der Waals surface area contributed by atoms with Crippen LogP contribution in [0.5, 0.6) is 0 Å². The minimum Gasteiger partial charge on any atom is -0.594 e. The van der Waals surface area contributed by atoms with E-state index in [1.54, 1.807) is 86.0 Å². The average Bonchev–Trinajstić information content (AvgIpc) is 1.43. The van der Waals surface area contributed by atoms with Crippen molar-refractivity contribution in [1.82, 2.24) is 75.6 Å². The summed E-state index contributed by atoms with van der Waals surface area (Å²) < 4.78 is 10.3. The minimum absolute atomic E-state index is 0.0784. The second-order valence-corrected chi connectivity index (χ2v) is 23.5. The van der Waals surface area contributed by atoms with E-state index in [-0.39, 0.29) is 6.61 Å². The van der Waals surface area contributed by atoms with Crippen LogP contribution in [0.2, 0.25) is 0 Å². The number of fused-ring (bicyclic) bond motifs is 6. The largest absolute Gasteiger partial charge is 0.594 e. The maximum atomic E-state index is 11.8. The molecule has 2 fully saturated rings. The number of aliphatic hydroxyl groups excluding tert-OH is 1. The standard InChI is InChI=1S/C15H20N4O.C14H18N4O2.C11H14N4O.C11H13N3O2.C10H11N3O2.C10H9N3O/c20-19-14-8-3-2-7-13(14)16-15(17-19)9-6-12-18-10-4-1-5-11-18;19-18-13-5-2-1-4-12(13)15-14(16-18)6-3-7-17-8-10-20-11-9-17;1-12-8-4-7-11-13-9-5-2-3-6-10(9)15(16)14-11;1-16-8-4-7-11-12-9-5-2-3-6-10(9)14(15)13-11;14-7-3-6-10-11-8-4-1-2-5-9(8)13(15)12-10;1-2-5-10-11-8-6-3-4-7-9(8)13(14)12-10/h2-3,7-8H,1,4-6,9-12H2;1-2,4-5H,3,6-11H2;2-3,5-6,12H,4,7-8H2,1H3;2-3,5-6H,4,7-8H2,1H3;1-2,4-5,14H,3,6-7H2;2-4,6-7H,1,5H2. The molecular weight excluding hydrogens is 1290 g/mol. The highest BCUT2D eigenvalue weighted by Gasteiger charge is 2.17. The minimum atomic E-state index is 0.0784. The number of methoxy groups -OCH3 is 1. The zero-order chi connectivity index (χ0) is 71.0. The van der Waals surface area contributed by atoms with Crippen LogP contribution in [-0.2, 0) is 48.0 Å². The van der Waals surface area contributed by atoms with E-state index in [9.17, 15) is 31.2 Å². The van der Waals surface area contributed by atoms with Gasteiger partial charge in [0.15, 0.2) is 29.1 Å². The van der Waals surface area contributed by atoms with Gasteiger partial charge in [0, 0.05) is 139 Å². The van der Waals surface area contributed by atoms with E-state index in [0.29, 0.717) is 163 Å². The van der Waals surface area contributed by atoms with Gasteiger partial charge in [0.25, 0.3) is 33.1 Å². The van der Waals surface area contributed by atoms with E-state index in [1.807, 2.05) is 79.8 Å². The first-order valence-electron chi connectivity index (χ1n) is 33.9. The molecule has 12 aromatic rings. The number of aliphatic hydroxyl groups is 1. The van der Waals surface area contributed by atoms with E-state index < -0.39 is 0 Å². The molecule has 0 spiro atoms. The van der Waals surface area contributed by atoms with Crippen molar-refractivity contribution in [2.75, 3.05) is 86.4 Å². The molecule has 0 atom stereocenters. The zero-order valence-electron chi connectivity index (χ0n) is 57.0. The highest BCUT2D eigenvalue weighted by atomic mass is 16.5. The number of morpholine rings is 1. The van der Waals surface area contributed by atoms with Crippen LogP contribution in [0.1, 0.15) is 86.3 Å². The first-order valence-corrected chi connectivity index (χ1v) is 33.9. The van der Waals surface area contributed by atoms with Crippen molar-refractivity contribution in [2.24, 2.45) is 0 Å². The molecule has 0 amide bonds. The van der Waals surface area contributed by atoms with Crippen LogP contribution in [0.25, 0.3) is 66.2 Å². The maximum Gasteiger partial charge on any atom is 0.270 e. The maximum absolute atomic E-state index is 11.8. The molecule has 2 saturated heterocycles. The molecule has 0 aliphatic carbocycles. The van der Waals surface area contributed by atoms with Crippen LogP contribution in [0.4, 0.5) is 0 Å². The molecule has 2 aliphatic rings. The molecule has 0 saturated carbocycles. The zero-order valence-corrected chi connectivity index (χ0v) is 57.0. The van der Waals surface area contributed by atoms with Crippen molar-refractivity contribution in [3.8, 4) is 0 Å². The number of aryl methyl sites for hydroxylation is 5. The molecule has 30 heteroatoms. The second kappa shape index (κ2) is 39.7. The molecule has 0 unspecified atom stereocenters. The lowest BCUT2D eigenvalue weighted by Gasteiger charge is -2.26. The number of nitrogens with zero attached hydrogens (tertiary/aromatic N) is 20. The molecule has 101 heavy (non-hydrogen) atoms. The molecule has 30 nitrogen and oxygen atoms in total. The number of nitrogens with one attached hydrogen (secondary N) is 1. The van der Waals surface area contributed by atoms with Crippen molar-refractivity contribution in [2.45, 2.75) is 89.9 Å². The average molecular weight is 1380 g/mol. The van der Waals surface area contributed by atoms with Gasteiger partial charge in [0.05, 0.1) is 13.2 Å². The molecule has 6 aromatic heterocycles. The van der Waals surface area contributed by atoms with E-state index >= 15 is 0 Å². The number of ether oxygens (including phenoxy) is 2. The Morgan fingerprint density at radius 2 is 0.723 bits per heavy atom. The summed E-state index contributed by atoms with van der Waals surface area (Å²) in [6, 6.07) is 43.2. The van der Waals surface area contributed by atoms with Crippen molar-refractivity contribution in [3.05, 3.63) is 224 Å². The molecule has 8 heterocycles. The molecule has 0 radical (unpaired) electrons. The summed E-state index contributed by atoms with van der Waals surface area (Å²) >= 11 is 0. The molecular formula is C71H85N21O9. The Bertz CT molecular complexity index is 4380. The quantitative estimate of drug-likeness (QED) is 0.0428. The van der Waals surface area contributed by atoms with Crippen LogP contribution >= 0.6 is 0 Å². The lowest BCUT2D eigenvalue weighted by Crippen LogP contribution is -2.37. The lowest BCUT2D eigenvalue weighted by atomic mass is 10.1. The summed E-state index contributed by atoms with van der Waals surface area (Å²) in [6.07, 6.45) is 13.8. The van der Waals surface area contributed by atoms with Crippen LogP contribution in [0, 0.1) is 31.2 Å². The van der Waals surface area contributed by atoms with Crippen molar-refractivity contribution >= 4 is 66.2 Å². The van der Waals surface area contributed by atoms with E-state index in [1.165, 1.54) is 32.4 Å². The molecule has 2 N–H and O–H groups in total. The predicted octanol–water partition coefficient (Wildman–Crippen LogP) is 4.65. The lowest BCUT2D eigenvalue weighted by molar-refractivity contribution is -0.644. The van der Waals surface area contributed by atoms with Gasteiger partial charge in [0.1, 0.15) is 33.1 Å². The first kappa shape index (κ1) is 74.5. The van der Waals surface area contributed by atoms with Gasteiger partial charge >= 0.3 is 0 Å². The molecule has 14 rings (SSSR count). The Labute approximate surface area is 583 Å². The summed E-state index contributed by atoms with van der Waals surface area (Å²) in [5.41, 5.74) is 7.13. The predicted molar refractivity (Wildman–Crippen MR) is 377 cm³/mol. The topological polar surface area (TPSA) is 374 Å². The summed E-state index contributed by atoms with van der Waals surface area (Å²) in [6.45, 7) is 13.3. The first-order chi connectivity index (χ1) is 49.4. The summed E-state index contributed by atoms with van der Waals surface area (Å²) in [7, 11) is 3.55. The van der Waals surface area contributed by atoms with Crippen LogP contribution in [0.3, 0.4) is 0 Å². The Hall–Kier alpha value is -10.8. The number of likely N-dealkylation sites (tertiary alicyclic amines) is 1. The van der Waals surface area contributed by atoms with E-state index in [2.05, 4.69) is 82.2 Å². The monoisotopic (exact) mass is 1380 g/mol. The van der Waals surface area contributed by atoms with Gasteiger partial charge in [-0.05, 0) is 150 Å². The Morgan fingerprint density at radius 1 is 0.426 bits per heavy atom. The third kappa shape index (κ3) is 22.9. The van der Waals surface area contributed by atoms with Gasteiger partial charge in [-0.15, -0.1) is 6.58 Å². The number of hydrogen-bond acceptors (Lipinski definition) is 24. The van der Waals surface area contributed by atoms with Crippen LogP contribution in [0.15, 0.2) is 158 Å². The number of para-hydroxylation sites is 12. The number of hydrogen-bond donors (Lipinski definition) is 2. The number of rotatable bonds is 21.